The molecule has 4 aromatic heterocycles. The molecule has 244 valence electrons. The zero-order valence-electron chi connectivity index (χ0n) is 28.5. The van der Waals surface area contributed by atoms with Crippen molar-refractivity contribution in [1.82, 2.24) is 18.5 Å². The number of nitrogens with zero attached hydrogens (tertiary/aromatic N) is 4. The normalized spacial score (nSPS) is 12.5. The lowest BCUT2D eigenvalue weighted by molar-refractivity contribution is 1.18. The van der Waals surface area contributed by atoms with E-state index < -0.39 is 0 Å². The van der Waals surface area contributed by atoms with E-state index in [-0.39, 0.29) is 0 Å². The van der Waals surface area contributed by atoms with E-state index in [0.29, 0.717) is 0 Å². The number of pyridine rings is 1. The smallest absolute Gasteiger partial charge is 0.146 e. The molecule has 1 aliphatic carbocycles. The van der Waals surface area contributed by atoms with Crippen LogP contribution in [0.2, 0.25) is 0 Å². The van der Waals surface area contributed by atoms with Crippen LogP contribution in [-0.4, -0.2) is 18.5 Å². The van der Waals surface area contributed by atoms with Crippen LogP contribution >= 0.6 is 0 Å². The molecule has 12 aromatic rings. The maximum Gasteiger partial charge on any atom is 0.146 e. The molecular formula is C49H28N4. The molecule has 0 aliphatic heterocycles. The predicted molar refractivity (Wildman–Crippen MR) is 221 cm³/mol. The molecule has 0 unspecified atom stereocenters. The van der Waals surface area contributed by atoms with Crippen molar-refractivity contribution in [1.29, 1.82) is 0 Å². The van der Waals surface area contributed by atoms with Crippen molar-refractivity contribution in [3.8, 4) is 33.6 Å². The molecule has 13 rings (SSSR count). The van der Waals surface area contributed by atoms with Crippen molar-refractivity contribution in [2.45, 2.75) is 0 Å². The first-order chi connectivity index (χ1) is 26.3. The van der Waals surface area contributed by atoms with Crippen molar-refractivity contribution in [3.63, 3.8) is 0 Å². The van der Waals surface area contributed by atoms with Crippen LogP contribution < -0.4 is 0 Å². The van der Waals surface area contributed by atoms with Crippen molar-refractivity contribution < 1.29 is 0 Å². The lowest BCUT2D eigenvalue weighted by atomic mass is 10.0. The molecule has 8 aromatic carbocycles. The van der Waals surface area contributed by atoms with Gasteiger partial charge in [-0.1, -0.05) is 121 Å². The maximum absolute atomic E-state index is 5.25. The minimum atomic E-state index is 0.984. The Kier molecular flexibility index (Phi) is 5.08. The Morgan fingerprint density at radius 3 is 1.85 bits per heavy atom. The van der Waals surface area contributed by atoms with Crippen LogP contribution in [0.25, 0.3) is 116 Å². The highest BCUT2D eigenvalue weighted by Gasteiger charge is 2.27. The fourth-order valence-electron chi connectivity index (χ4n) is 9.69. The van der Waals surface area contributed by atoms with Gasteiger partial charge in [-0.05, 0) is 76.2 Å². The quantitative estimate of drug-likeness (QED) is 0.180. The molecule has 53 heavy (non-hydrogen) atoms. The first-order valence-electron chi connectivity index (χ1n) is 18.2. The van der Waals surface area contributed by atoms with Gasteiger partial charge in [-0.25, -0.2) is 4.98 Å². The number of hydrogen-bond acceptors (Lipinski definition) is 1. The standard InChI is InChI=1S/C49H28N4/c1-2-13-29(14-3-1)51-46-38(48-47(51)34-17-6-7-18-35(34)49-50-39-22-9-11-24-42(39)53(48)49)26-28-43-45(46)37-19-8-10-23-40(37)52(43)41-27-25-33-31-16-5-4-15-30(31)32-20-12-21-36(41)44(32)33/h1-28H. The van der Waals surface area contributed by atoms with Crippen LogP contribution in [0.5, 0.6) is 0 Å². The van der Waals surface area contributed by atoms with Crippen molar-refractivity contribution in [2.24, 2.45) is 0 Å². The molecule has 0 N–H and O–H groups in total. The van der Waals surface area contributed by atoms with Gasteiger partial charge in [0.2, 0.25) is 0 Å². The topological polar surface area (TPSA) is 27.2 Å². The van der Waals surface area contributed by atoms with Crippen molar-refractivity contribution in [2.75, 3.05) is 0 Å². The number of rotatable bonds is 2. The zero-order chi connectivity index (χ0) is 34.4. The van der Waals surface area contributed by atoms with Gasteiger partial charge in [0.25, 0.3) is 0 Å². The first kappa shape index (κ1) is 27.5. The highest BCUT2D eigenvalue weighted by molar-refractivity contribution is 6.30. The van der Waals surface area contributed by atoms with Gasteiger partial charge >= 0.3 is 0 Å². The second kappa shape index (κ2) is 9.78. The third-order valence-electron chi connectivity index (χ3n) is 11.7. The lowest BCUT2D eigenvalue weighted by Crippen LogP contribution is -1.97. The number of aromatic nitrogens is 4. The van der Waals surface area contributed by atoms with E-state index in [2.05, 4.69) is 183 Å². The predicted octanol–water partition coefficient (Wildman–Crippen LogP) is 12.6. The van der Waals surface area contributed by atoms with Gasteiger partial charge in [-0.2, -0.15) is 0 Å². The Labute approximate surface area is 303 Å². The SMILES string of the molecule is c1ccc(-n2c3c(ccc4c3c3ccccc3n4-c3ccc4c5c(cccc35)-c3ccccc3-4)c3c2c2ccccc2c2nc4ccccc4n23)cc1. The Morgan fingerprint density at radius 1 is 0.340 bits per heavy atom. The monoisotopic (exact) mass is 672 g/mol. The summed E-state index contributed by atoms with van der Waals surface area (Å²) in [6, 6.07) is 62.1. The van der Waals surface area contributed by atoms with E-state index in [9.17, 15) is 0 Å². The lowest BCUT2D eigenvalue weighted by Gasteiger charge is -2.13. The van der Waals surface area contributed by atoms with E-state index in [1.807, 2.05) is 0 Å². The summed E-state index contributed by atoms with van der Waals surface area (Å²) in [6.45, 7) is 0. The average molecular weight is 673 g/mol. The molecule has 0 bridgehead atoms. The van der Waals surface area contributed by atoms with Gasteiger partial charge in [0.15, 0.2) is 0 Å². The fraction of sp³-hybridized carbons (Fsp3) is 0. The van der Waals surface area contributed by atoms with Crippen molar-refractivity contribution in [3.05, 3.63) is 170 Å². The third-order valence-corrected chi connectivity index (χ3v) is 11.7. The third kappa shape index (κ3) is 3.34. The van der Waals surface area contributed by atoms with Crippen LogP contribution in [0.15, 0.2) is 170 Å². The Hall–Kier alpha value is -7.17. The molecule has 1 aliphatic rings. The Morgan fingerprint density at radius 2 is 1.00 bits per heavy atom. The zero-order valence-corrected chi connectivity index (χ0v) is 28.5. The minimum absolute atomic E-state index is 0.984. The number of para-hydroxylation sites is 4. The largest absolute Gasteiger partial charge is 0.309 e. The van der Waals surface area contributed by atoms with E-state index >= 15 is 0 Å². The number of benzene rings is 8. The summed E-state index contributed by atoms with van der Waals surface area (Å²) < 4.78 is 7.43. The molecule has 4 heteroatoms. The van der Waals surface area contributed by atoms with Gasteiger partial charge in [0.05, 0.1) is 44.3 Å². The van der Waals surface area contributed by atoms with E-state index in [4.69, 9.17) is 4.98 Å². The van der Waals surface area contributed by atoms with Gasteiger partial charge in [0, 0.05) is 38.0 Å². The summed E-state index contributed by atoms with van der Waals surface area (Å²) in [7, 11) is 0. The summed E-state index contributed by atoms with van der Waals surface area (Å²) in [6.07, 6.45) is 0. The summed E-state index contributed by atoms with van der Waals surface area (Å²) in [5.41, 5.74) is 16.6. The van der Waals surface area contributed by atoms with Crippen LogP contribution in [0.4, 0.5) is 0 Å². The maximum atomic E-state index is 5.25. The molecule has 0 amide bonds. The highest BCUT2D eigenvalue weighted by atomic mass is 15.1. The second-order valence-corrected chi connectivity index (χ2v) is 14.3. The molecule has 0 atom stereocenters. The summed E-state index contributed by atoms with van der Waals surface area (Å²) >= 11 is 0. The first-order valence-corrected chi connectivity index (χ1v) is 18.2. The van der Waals surface area contributed by atoms with Crippen LogP contribution in [0, 0.1) is 0 Å². The van der Waals surface area contributed by atoms with Gasteiger partial charge < -0.3 is 9.13 Å². The van der Waals surface area contributed by atoms with Crippen LogP contribution in [0.3, 0.4) is 0 Å². The van der Waals surface area contributed by atoms with E-state index in [0.717, 1.165) is 27.8 Å². The van der Waals surface area contributed by atoms with Crippen LogP contribution in [0.1, 0.15) is 0 Å². The summed E-state index contributed by atoms with van der Waals surface area (Å²) in [5, 5.41) is 8.60. The van der Waals surface area contributed by atoms with E-state index in [1.165, 1.54) is 87.8 Å². The molecule has 0 fully saturated rings. The highest BCUT2D eigenvalue weighted by Crippen LogP contribution is 2.50. The summed E-state index contributed by atoms with van der Waals surface area (Å²) in [4.78, 5) is 5.25. The van der Waals surface area contributed by atoms with E-state index in [1.54, 1.807) is 0 Å². The molecule has 4 heterocycles. The minimum Gasteiger partial charge on any atom is -0.309 e. The molecular weight excluding hydrogens is 645 g/mol. The fourth-order valence-corrected chi connectivity index (χ4v) is 9.69. The van der Waals surface area contributed by atoms with Crippen LogP contribution in [-0.2, 0) is 0 Å². The molecule has 0 saturated carbocycles. The molecule has 0 saturated heterocycles. The van der Waals surface area contributed by atoms with Gasteiger partial charge in [-0.3, -0.25) is 4.40 Å². The second-order valence-electron chi connectivity index (χ2n) is 14.3. The number of imidazole rings is 1. The summed E-state index contributed by atoms with van der Waals surface area (Å²) in [5.74, 6) is 0. The number of fused-ring (bicyclic) bond motifs is 17. The molecule has 4 nitrogen and oxygen atoms in total. The molecule has 0 radical (unpaired) electrons. The Bertz CT molecular complexity index is 3530. The van der Waals surface area contributed by atoms with Gasteiger partial charge in [0.1, 0.15) is 5.65 Å². The number of hydrogen-bond donors (Lipinski definition) is 0. The Balaban J connectivity index is 1.27. The molecule has 0 spiro atoms. The van der Waals surface area contributed by atoms with Crippen molar-refractivity contribution >= 4 is 82.0 Å². The average Bonchev–Trinajstić information content (AvgIpc) is 3.96. The van der Waals surface area contributed by atoms with Gasteiger partial charge in [-0.15, -0.1) is 0 Å².